The SMILES string of the molecule is CCN(c1ccccc1)S(=O)(=O)c1ccc(C(=O)O[C@H](C)C(C)=O)cc1. The third-order valence-electron chi connectivity index (χ3n) is 3.87. The first kappa shape index (κ1) is 19.7. The van der Waals surface area contributed by atoms with Crippen LogP contribution in [0.2, 0.25) is 0 Å². The summed E-state index contributed by atoms with van der Waals surface area (Å²) in [5, 5.41) is 0. The highest BCUT2D eigenvalue weighted by Crippen LogP contribution is 2.23. The van der Waals surface area contributed by atoms with Gasteiger partial charge in [0.25, 0.3) is 10.0 Å². The summed E-state index contributed by atoms with van der Waals surface area (Å²) in [7, 11) is -3.76. The van der Waals surface area contributed by atoms with Crippen molar-refractivity contribution in [2.75, 3.05) is 10.8 Å². The van der Waals surface area contributed by atoms with Crippen LogP contribution in [-0.4, -0.2) is 32.8 Å². The predicted molar refractivity (Wildman–Crippen MR) is 98.6 cm³/mol. The second kappa shape index (κ2) is 8.14. The molecule has 26 heavy (non-hydrogen) atoms. The standard InChI is InChI=1S/C19H21NO5S/c1-4-20(17-8-6-5-7-9-17)26(23,24)18-12-10-16(11-13-18)19(22)25-15(3)14(2)21/h5-13,15H,4H2,1-3H3/t15-/m1/s1. The summed E-state index contributed by atoms with van der Waals surface area (Å²) in [4.78, 5) is 23.2. The predicted octanol–water partition coefficient (Wildman–Crippen LogP) is 3.04. The van der Waals surface area contributed by atoms with Gasteiger partial charge in [-0.15, -0.1) is 0 Å². The summed E-state index contributed by atoms with van der Waals surface area (Å²) in [6.07, 6.45) is -0.848. The zero-order valence-electron chi connectivity index (χ0n) is 14.9. The van der Waals surface area contributed by atoms with Crippen molar-refractivity contribution in [1.82, 2.24) is 0 Å². The average molecular weight is 375 g/mol. The van der Waals surface area contributed by atoms with Gasteiger partial charge in [0.1, 0.15) is 0 Å². The monoisotopic (exact) mass is 375 g/mol. The molecule has 0 aliphatic heterocycles. The normalized spacial score (nSPS) is 12.3. The number of hydrogen-bond acceptors (Lipinski definition) is 5. The summed E-state index contributed by atoms with van der Waals surface area (Å²) in [5.74, 6) is -0.939. The van der Waals surface area contributed by atoms with Gasteiger partial charge in [-0.05, 0) is 57.2 Å². The Morgan fingerprint density at radius 2 is 1.62 bits per heavy atom. The maximum absolute atomic E-state index is 12.9. The number of para-hydroxylation sites is 1. The summed E-state index contributed by atoms with van der Waals surface area (Å²) >= 11 is 0. The van der Waals surface area contributed by atoms with E-state index in [4.69, 9.17) is 4.74 Å². The van der Waals surface area contributed by atoms with Gasteiger partial charge in [0.05, 0.1) is 16.1 Å². The van der Waals surface area contributed by atoms with E-state index in [1.165, 1.54) is 42.4 Å². The molecule has 6 nitrogen and oxygen atoms in total. The van der Waals surface area contributed by atoms with Gasteiger partial charge in [-0.25, -0.2) is 13.2 Å². The molecule has 0 bridgehead atoms. The molecule has 0 aliphatic carbocycles. The van der Waals surface area contributed by atoms with Gasteiger partial charge >= 0.3 is 5.97 Å². The second-order valence-corrected chi connectivity index (χ2v) is 7.55. The first-order chi connectivity index (χ1) is 12.3. The van der Waals surface area contributed by atoms with Crippen LogP contribution in [0, 0.1) is 0 Å². The quantitative estimate of drug-likeness (QED) is 0.695. The van der Waals surface area contributed by atoms with E-state index < -0.39 is 22.1 Å². The molecular formula is C19H21NO5S. The van der Waals surface area contributed by atoms with Crippen molar-refractivity contribution in [3.8, 4) is 0 Å². The number of carbonyl (C=O) groups excluding carboxylic acids is 2. The van der Waals surface area contributed by atoms with Crippen LogP contribution in [0.1, 0.15) is 31.1 Å². The molecule has 2 aromatic rings. The summed E-state index contributed by atoms with van der Waals surface area (Å²) in [6, 6.07) is 14.2. The number of benzene rings is 2. The number of nitrogens with zero attached hydrogens (tertiary/aromatic N) is 1. The van der Waals surface area contributed by atoms with Crippen molar-refractivity contribution in [1.29, 1.82) is 0 Å². The molecule has 0 unspecified atom stereocenters. The highest BCUT2D eigenvalue weighted by atomic mass is 32.2. The number of anilines is 1. The molecule has 0 radical (unpaired) electrons. The Morgan fingerprint density at radius 1 is 1.04 bits per heavy atom. The van der Waals surface area contributed by atoms with Crippen molar-refractivity contribution in [2.45, 2.75) is 31.8 Å². The molecule has 7 heteroatoms. The first-order valence-electron chi connectivity index (χ1n) is 8.16. The molecule has 1 atom stereocenters. The van der Waals surface area contributed by atoms with E-state index in [0.717, 1.165) is 0 Å². The molecule has 0 aliphatic rings. The van der Waals surface area contributed by atoms with Crippen molar-refractivity contribution in [3.05, 3.63) is 60.2 Å². The van der Waals surface area contributed by atoms with Crippen LogP contribution in [0.3, 0.4) is 0 Å². The minimum absolute atomic E-state index is 0.0689. The van der Waals surface area contributed by atoms with Crippen LogP contribution in [0.15, 0.2) is 59.5 Å². The molecule has 0 saturated carbocycles. The molecule has 2 rings (SSSR count). The number of carbonyl (C=O) groups is 2. The molecule has 0 saturated heterocycles. The molecule has 0 N–H and O–H groups in total. The Morgan fingerprint density at radius 3 is 2.12 bits per heavy atom. The van der Waals surface area contributed by atoms with Crippen molar-refractivity contribution >= 4 is 27.5 Å². The third kappa shape index (κ3) is 4.29. The van der Waals surface area contributed by atoms with Crippen LogP contribution in [-0.2, 0) is 19.6 Å². The third-order valence-corrected chi connectivity index (χ3v) is 5.78. The van der Waals surface area contributed by atoms with Crippen LogP contribution in [0.5, 0.6) is 0 Å². The summed E-state index contributed by atoms with van der Waals surface area (Å²) < 4.78 is 32.1. The molecule has 0 fully saturated rings. The maximum atomic E-state index is 12.9. The highest BCUT2D eigenvalue weighted by molar-refractivity contribution is 7.92. The summed E-state index contributed by atoms with van der Waals surface area (Å²) in [5.41, 5.74) is 0.744. The zero-order valence-corrected chi connectivity index (χ0v) is 15.7. The fourth-order valence-corrected chi connectivity index (χ4v) is 3.76. The van der Waals surface area contributed by atoms with Crippen LogP contribution in [0.4, 0.5) is 5.69 Å². The molecular weight excluding hydrogens is 354 g/mol. The van der Waals surface area contributed by atoms with E-state index in [2.05, 4.69) is 0 Å². The zero-order chi connectivity index (χ0) is 19.3. The van der Waals surface area contributed by atoms with Crippen molar-refractivity contribution < 1.29 is 22.7 Å². The number of sulfonamides is 1. The fourth-order valence-electron chi connectivity index (χ4n) is 2.29. The smallest absolute Gasteiger partial charge is 0.338 e. The van der Waals surface area contributed by atoms with Gasteiger partial charge < -0.3 is 4.74 Å². The Labute approximate surface area is 153 Å². The van der Waals surface area contributed by atoms with Crippen LogP contribution in [0.25, 0.3) is 0 Å². The van der Waals surface area contributed by atoms with Gasteiger partial charge in [0.2, 0.25) is 0 Å². The molecule has 0 aromatic heterocycles. The lowest BCUT2D eigenvalue weighted by Gasteiger charge is -2.23. The highest BCUT2D eigenvalue weighted by Gasteiger charge is 2.24. The number of esters is 1. The van der Waals surface area contributed by atoms with E-state index >= 15 is 0 Å². The maximum Gasteiger partial charge on any atom is 0.338 e. The van der Waals surface area contributed by atoms with Gasteiger partial charge in [0.15, 0.2) is 11.9 Å². The Balaban J connectivity index is 2.26. The lowest BCUT2D eigenvalue weighted by molar-refractivity contribution is -0.124. The molecule has 0 heterocycles. The summed E-state index contributed by atoms with van der Waals surface area (Å²) in [6.45, 7) is 4.83. The minimum atomic E-state index is -3.76. The Kier molecular flexibility index (Phi) is 6.15. The van der Waals surface area contributed by atoms with E-state index in [1.807, 2.05) is 6.07 Å². The van der Waals surface area contributed by atoms with Gasteiger partial charge in [-0.1, -0.05) is 18.2 Å². The topological polar surface area (TPSA) is 80.8 Å². The van der Waals surface area contributed by atoms with E-state index in [-0.39, 0.29) is 22.8 Å². The first-order valence-corrected chi connectivity index (χ1v) is 9.60. The largest absolute Gasteiger partial charge is 0.451 e. The van der Waals surface area contributed by atoms with Crippen LogP contribution >= 0.6 is 0 Å². The van der Waals surface area contributed by atoms with E-state index in [1.54, 1.807) is 31.2 Å². The molecule has 138 valence electrons. The lowest BCUT2D eigenvalue weighted by atomic mass is 10.2. The van der Waals surface area contributed by atoms with Crippen molar-refractivity contribution in [3.63, 3.8) is 0 Å². The lowest BCUT2D eigenvalue weighted by Crippen LogP contribution is -2.30. The minimum Gasteiger partial charge on any atom is -0.451 e. The van der Waals surface area contributed by atoms with Gasteiger partial charge in [0, 0.05) is 6.54 Å². The number of Topliss-reactive ketones (excluding diaryl/α,β-unsaturated/α-hetero) is 1. The molecule has 0 amide bonds. The Hall–Kier alpha value is -2.67. The Bertz CT molecular complexity index is 876. The van der Waals surface area contributed by atoms with E-state index in [9.17, 15) is 18.0 Å². The number of ketones is 1. The fraction of sp³-hybridized carbons (Fsp3) is 0.263. The van der Waals surface area contributed by atoms with Gasteiger partial charge in [-0.2, -0.15) is 0 Å². The molecule has 2 aromatic carbocycles. The molecule has 0 spiro atoms. The van der Waals surface area contributed by atoms with Crippen molar-refractivity contribution in [2.24, 2.45) is 0 Å². The van der Waals surface area contributed by atoms with Crippen LogP contribution < -0.4 is 4.31 Å². The van der Waals surface area contributed by atoms with Gasteiger partial charge in [-0.3, -0.25) is 9.10 Å². The number of hydrogen-bond donors (Lipinski definition) is 0. The number of ether oxygens (including phenoxy) is 1. The second-order valence-electron chi connectivity index (χ2n) is 5.69. The average Bonchev–Trinajstić information content (AvgIpc) is 2.63. The number of rotatable bonds is 7. The van der Waals surface area contributed by atoms with E-state index in [0.29, 0.717) is 5.69 Å².